The molecule has 7 nitrogen and oxygen atoms in total. The fraction of sp³-hybridized carbons (Fsp3) is 0.0909. The van der Waals surface area contributed by atoms with E-state index >= 15 is 0 Å². The largest absolute Gasteiger partial charge is 0.323 e. The molecule has 144 valence electrons. The molecule has 2 N–H and O–H groups in total. The smallest absolute Gasteiger partial charge is 0.260 e. The summed E-state index contributed by atoms with van der Waals surface area (Å²) < 4.78 is 0. The van der Waals surface area contributed by atoms with Crippen molar-refractivity contribution in [1.29, 1.82) is 0 Å². The zero-order chi connectivity index (χ0) is 20.1. The van der Waals surface area contributed by atoms with Gasteiger partial charge in [0, 0.05) is 23.6 Å². The number of nitrogens with zero attached hydrogens (tertiary/aromatic N) is 2. The van der Waals surface area contributed by atoms with E-state index < -0.39 is 12.1 Å². The summed E-state index contributed by atoms with van der Waals surface area (Å²) in [7, 11) is 0. The monoisotopic (exact) mass is 386 g/mol. The van der Waals surface area contributed by atoms with Gasteiger partial charge in [0.2, 0.25) is 0 Å². The van der Waals surface area contributed by atoms with E-state index in [4.69, 9.17) is 4.84 Å². The molecule has 29 heavy (non-hydrogen) atoms. The fourth-order valence-electron chi connectivity index (χ4n) is 3.06. The number of benzene rings is 2. The van der Waals surface area contributed by atoms with Gasteiger partial charge < -0.3 is 5.32 Å². The lowest BCUT2D eigenvalue weighted by molar-refractivity contribution is -0.125. The van der Waals surface area contributed by atoms with Crippen LogP contribution in [-0.4, -0.2) is 17.0 Å². The molecular weight excluding hydrogens is 368 g/mol. The fourth-order valence-corrected chi connectivity index (χ4v) is 3.06. The van der Waals surface area contributed by atoms with Gasteiger partial charge in [-0.3, -0.25) is 20.1 Å². The Kier molecular flexibility index (Phi) is 5.40. The Morgan fingerprint density at radius 3 is 2.48 bits per heavy atom. The number of hydrogen-bond donors (Lipinski definition) is 2. The van der Waals surface area contributed by atoms with Crippen molar-refractivity contribution in [1.82, 2.24) is 10.5 Å². The van der Waals surface area contributed by atoms with Gasteiger partial charge in [-0.05, 0) is 41.5 Å². The Morgan fingerprint density at radius 1 is 1.03 bits per heavy atom. The van der Waals surface area contributed by atoms with E-state index in [1.165, 1.54) is 0 Å². The van der Waals surface area contributed by atoms with Crippen LogP contribution in [0.1, 0.15) is 22.7 Å². The summed E-state index contributed by atoms with van der Waals surface area (Å²) >= 11 is 0. The number of hydrogen-bond acceptors (Lipinski definition) is 6. The summed E-state index contributed by atoms with van der Waals surface area (Å²) in [5.74, 6) is -0.308. The van der Waals surface area contributed by atoms with Crippen molar-refractivity contribution in [3.63, 3.8) is 0 Å². The number of rotatable bonds is 6. The van der Waals surface area contributed by atoms with Crippen LogP contribution >= 0.6 is 0 Å². The second kappa shape index (κ2) is 8.45. The third-order valence-electron chi connectivity index (χ3n) is 4.56. The lowest BCUT2D eigenvalue weighted by Crippen LogP contribution is -2.28. The average Bonchev–Trinajstić information content (AvgIpc) is 3.27. The van der Waals surface area contributed by atoms with E-state index in [2.05, 4.69) is 21.0 Å². The maximum atomic E-state index is 12.5. The normalized spacial score (nSPS) is 16.4. The van der Waals surface area contributed by atoms with Crippen LogP contribution in [0.4, 0.5) is 5.69 Å². The summed E-state index contributed by atoms with van der Waals surface area (Å²) in [6.07, 6.45) is 4.29. The van der Waals surface area contributed by atoms with E-state index in [0.29, 0.717) is 11.4 Å². The molecule has 7 heteroatoms. The number of anilines is 1. The first-order valence-electron chi connectivity index (χ1n) is 9.07. The van der Waals surface area contributed by atoms with Gasteiger partial charge in [-0.2, -0.15) is 0 Å². The summed E-state index contributed by atoms with van der Waals surface area (Å²) in [6.45, 7) is 0. The highest BCUT2D eigenvalue weighted by atomic mass is 16.7. The van der Waals surface area contributed by atoms with E-state index in [-0.39, 0.29) is 5.91 Å². The van der Waals surface area contributed by atoms with Crippen LogP contribution in [0.15, 0.2) is 90.4 Å². The highest BCUT2D eigenvalue weighted by Crippen LogP contribution is 2.27. The molecule has 3 aromatic rings. The minimum absolute atomic E-state index is 0.308. The Morgan fingerprint density at radius 2 is 1.79 bits per heavy atom. The standard InChI is InChI=1S/C22H18N4O3/c27-22(20-13-19(26-29-20)17-7-4-12-23-14-17)24-18-10-8-16(9-11-18)21(25-28)15-5-2-1-3-6-15/h1-14,20-21,26H,(H,24,27). The molecule has 2 heterocycles. The van der Waals surface area contributed by atoms with Gasteiger partial charge in [-0.15, -0.1) is 4.91 Å². The van der Waals surface area contributed by atoms with Gasteiger partial charge in [0.25, 0.3) is 5.91 Å². The van der Waals surface area contributed by atoms with Gasteiger partial charge in [-0.1, -0.05) is 47.6 Å². The molecule has 1 aromatic heterocycles. The molecule has 0 radical (unpaired) electrons. The zero-order valence-electron chi connectivity index (χ0n) is 15.4. The molecular formula is C22H18N4O3. The molecule has 1 aliphatic heterocycles. The predicted octanol–water partition coefficient (Wildman–Crippen LogP) is 3.82. The maximum absolute atomic E-state index is 12.5. The highest BCUT2D eigenvalue weighted by molar-refractivity contribution is 5.97. The highest BCUT2D eigenvalue weighted by Gasteiger charge is 2.25. The molecule has 2 aromatic carbocycles. The number of nitroso groups, excluding NO2 is 1. The van der Waals surface area contributed by atoms with Crippen molar-refractivity contribution in [3.8, 4) is 0 Å². The van der Waals surface area contributed by atoms with Gasteiger partial charge in [0.05, 0.1) is 5.70 Å². The van der Waals surface area contributed by atoms with Gasteiger partial charge in [0.15, 0.2) is 6.10 Å². The van der Waals surface area contributed by atoms with Crippen molar-refractivity contribution in [2.24, 2.45) is 5.18 Å². The first-order chi connectivity index (χ1) is 14.2. The molecule has 0 aliphatic carbocycles. The molecule has 0 fully saturated rings. The number of hydroxylamine groups is 1. The second-order valence-electron chi connectivity index (χ2n) is 6.49. The molecule has 1 amide bonds. The van der Waals surface area contributed by atoms with E-state index in [1.54, 1.807) is 42.7 Å². The lowest BCUT2D eigenvalue weighted by atomic mass is 9.99. The van der Waals surface area contributed by atoms with Crippen LogP contribution < -0.4 is 10.8 Å². The van der Waals surface area contributed by atoms with Crippen molar-refractivity contribution in [2.75, 3.05) is 5.32 Å². The van der Waals surface area contributed by atoms with Crippen LogP contribution in [0.25, 0.3) is 5.70 Å². The predicted molar refractivity (Wildman–Crippen MR) is 109 cm³/mol. The average molecular weight is 386 g/mol. The van der Waals surface area contributed by atoms with Crippen molar-refractivity contribution < 1.29 is 9.63 Å². The minimum atomic E-state index is -0.765. The third kappa shape index (κ3) is 4.20. The van der Waals surface area contributed by atoms with Crippen molar-refractivity contribution in [3.05, 3.63) is 107 Å². The quantitative estimate of drug-likeness (QED) is 0.628. The van der Waals surface area contributed by atoms with Crippen LogP contribution in [-0.2, 0) is 9.63 Å². The molecule has 2 atom stereocenters. The number of carbonyl (C=O) groups excluding carboxylic acids is 1. The van der Waals surface area contributed by atoms with E-state index in [1.807, 2.05) is 42.5 Å². The number of carbonyl (C=O) groups is 1. The van der Waals surface area contributed by atoms with Gasteiger partial charge in [-0.25, -0.2) is 0 Å². The second-order valence-corrected chi connectivity index (χ2v) is 6.49. The van der Waals surface area contributed by atoms with Crippen LogP contribution in [0.5, 0.6) is 0 Å². The van der Waals surface area contributed by atoms with E-state index in [0.717, 1.165) is 16.7 Å². The minimum Gasteiger partial charge on any atom is -0.323 e. The lowest BCUT2D eigenvalue weighted by Gasteiger charge is -2.12. The Labute approximate surface area is 167 Å². The van der Waals surface area contributed by atoms with Gasteiger partial charge in [0.1, 0.15) is 6.04 Å². The molecule has 0 bridgehead atoms. The number of pyridine rings is 1. The first-order valence-corrected chi connectivity index (χ1v) is 9.07. The Balaban J connectivity index is 1.43. The van der Waals surface area contributed by atoms with Crippen LogP contribution in [0.3, 0.4) is 0 Å². The molecule has 4 rings (SSSR count). The summed E-state index contributed by atoms with van der Waals surface area (Å²) in [5.41, 5.74) is 6.45. The maximum Gasteiger partial charge on any atom is 0.260 e. The SMILES string of the molecule is O=NC(c1ccccc1)c1ccc(NC(=O)C2C=C(c3cccnc3)NO2)cc1. The first kappa shape index (κ1) is 18.5. The number of aromatic nitrogens is 1. The number of nitrogens with one attached hydrogen (secondary N) is 2. The van der Waals surface area contributed by atoms with Crippen molar-refractivity contribution in [2.45, 2.75) is 12.1 Å². The zero-order valence-corrected chi connectivity index (χ0v) is 15.4. The molecule has 2 unspecified atom stereocenters. The molecule has 0 saturated carbocycles. The van der Waals surface area contributed by atoms with Crippen molar-refractivity contribution >= 4 is 17.3 Å². The van der Waals surface area contributed by atoms with Crippen LogP contribution in [0, 0.1) is 4.91 Å². The summed E-state index contributed by atoms with van der Waals surface area (Å²) in [4.78, 5) is 33.2. The summed E-state index contributed by atoms with van der Waals surface area (Å²) in [6, 6.07) is 19.5. The van der Waals surface area contributed by atoms with Gasteiger partial charge >= 0.3 is 0 Å². The Hall–Kier alpha value is -3.84. The topological polar surface area (TPSA) is 92.7 Å². The molecule has 1 aliphatic rings. The number of amides is 1. The summed E-state index contributed by atoms with van der Waals surface area (Å²) in [5, 5.41) is 6.05. The molecule has 0 spiro atoms. The van der Waals surface area contributed by atoms with E-state index in [9.17, 15) is 9.70 Å². The van der Waals surface area contributed by atoms with Crippen LogP contribution in [0.2, 0.25) is 0 Å². The Bertz CT molecular complexity index is 1020. The molecule has 0 saturated heterocycles. The third-order valence-corrected chi connectivity index (χ3v) is 4.56.